The van der Waals surface area contributed by atoms with Crippen LogP contribution in [-0.2, 0) is 14.8 Å². The third-order valence-electron chi connectivity index (χ3n) is 6.60. The minimum absolute atomic E-state index is 0.195. The van der Waals surface area contributed by atoms with E-state index in [0.29, 0.717) is 29.8 Å². The number of carbonyl (C=O) groups is 2. The summed E-state index contributed by atoms with van der Waals surface area (Å²) in [5.41, 5.74) is 1.78. The summed E-state index contributed by atoms with van der Waals surface area (Å²) < 4.78 is 32.5. The van der Waals surface area contributed by atoms with Gasteiger partial charge in [0, 0.05) is 19.0 Å². The molecule has 194 valence electrons. The Morgan fingerprint density at radius 1 is 0.919 bits per heavy atom. The maximum atomic E-state index is 13.1. The van der Waals surface area contributed by atoms with Gasteiger partial charge in [0.05, 0.1) is 29.3 Å². The number of carbonyl (C=O) groups excluding carboxylic acids is 2. The summed E-state index contributed by atoms with van der Waals surface area (Å²) in [6.45, 7) is 2.38. The molecule has 4 rings (SSSR count). The number of anilines is 1. The van der Waals surface area contributed by atoms with Crippen molar-refractivity contribution < 1.29 is 22.7 Å². The molecule has 0 radical (unpaired) electrons. The van der Waals surface area contributed by atoms with Gasteiger partial charge in [0.15, 0.2) is 0 Å². The molecule has 0 saturated carbocycles. The van der Waals surface area contributed by atoms with Crippen molar-refractivity contribution in [1.29, 1.82) is 0 Å². The van der Waals surface area contributed by atoms with E-state index in [1.54, 1.807) is 36.4 Å². The van der Waals surface area contributed by atoms with E-state index < -0.39 is 10.0 Å². The van der Waals surface area contributed by atoms with Crippen molar-refractivity contribution in [3.63, 3.8) is 0 Å². The molecule has 37 heavy (non-hydrogen) atoms. The lowest BCUT2D eigenvalue weighted by Crippen LogP contribution is -2.41. The third kappa shape index (κ3) is 6.18. The summed E-state index contributed by atoms with van der Waals surface area (Å²) in [7, 11) is -2.13. The first-order valence-electron chi connectivity index (χ1n) is 12.2. The predicted octanol–water partition coefficient (Wildman–Crippen LogP) is 4.23. The van der Waals surface area contributed by atoms with Gasteiger partial charge in [0.25, 0.3) is 5.91 Å². The van der Waals surface area contributed by atoms with Crippen molar-refractivity contribution >= 4 is 27.5 Å². The van der Waals surface area contributed by atoms with Crippen LogP contribution < -0.4 is 15.4 Å². The van der Waals surface area contributed by atoms with Crippen LogP contribution in [0.2, 0.25) is 0 Å². The van der Waals surface area contributed by atoms with Crippen LogP contribution in [0.4, 0.5) is 5.69 Å². The number of methoxy groups -OCH3 is 1. The first-order chi connectivity index (χ1) is 17.8. The summed E-state index contributed by atoms with van der Waals surface area (Å²) in [5, 5.41) is 5.87. The zero-order valence-electron chi connectivity index (χ0n) is 20.9. The lowest BCUT2D eigenvalue weighted by atomic mass is 9.97. The summed E-state index contributed by atoms with van der Waals surface area (Å²) in [6, 6.07) is 22.6. The van der Waals surface area contributed by atoms with Crippen LogP contribution in [0.5, 0.6) is 5.75 Å². The fourth-order valence-corrected chi connectivity index (χ4v) is 5.85. The van der Waals surface area contributed by atoms with Gasteiger partial charge in [-0.25, -0.2) is 8.42 Å². The second-order valence-corrected chi connectivity index (χ2v) is 10.9. The van der Waals surface area contributed by atoms with E-state index in [1.165, 1.54) is 23.5 Å². The minimum atomic E-state index is -3.65. The molecule has 1 saturated heterocycles. The number of para-hydroxylation sites is 1. The molecule has 0 bridgehead atoms. The minimum Gasteiger partial charge on any atom is -0.497 e. The Balaban J connectivity index is 1.37. The molecule has 1 heterocycles. The second-order valence-electron chi connectivity index (χ2n) is 8.99. The number of rotatable bonds is 8. The fourth-order valence-electron chi connectivity index (χ4n) is 4.38. The average Bonchev–Trinajstić information content (AvgIpc) is 2.93. The van der Waals surface area contributed by atoms with E-state index in [9.17, 15) is 18.0 Å². The summed E-state index contributed by atoms with van der Waals surface area (Å²) >= 11 is 0. The highest BCUT2D eigenvalue weighted by Gasteiger charge is 2.32. The summed E-state index contributed by atoms with van der Waals surface area (Å²) in [4.78, 5) is 26.2. The van der Waals surface area contributed by atoms with Gasteiger partial charge in [0.2, 0.25) is 15.9 Å². The quantitative estimate of drug-likeness (QED) is 0.462. The molecule has 2 N–H and O–H groups in total. The number of benzene rings is 3. The van der Waals surface area contributed by atoms with Gasteiger partial charge in [-0.3, -0.25) is 9.59 Å². The topological polar surface area (TPSA) is 105 Å². The molecule has 1 aliphatic heterocycles. The van der Waals surface area contributed by atoms with Gasteiger partial charge in [-0.15, -0.1) is 0 Å². The van der Waals surface area contributed by atoms with Crippen LogP contribution in [0, 0.1) is 5.92 Å². The molecular weight excluding hydrogens is 490 g/mol. The van der Waals surface area contributed by atoms with Gasteiger partial charge in [-0.1, -0.05) is 42.5 Å². The smallest absolute Gasteiger partial charge is 0.253 e. The lowest BCUT2D eigenvalue weighted by molar-refractivity contribution is -0.120. The van der Waals surface area contributed by atoms with Crippen molar-refractivity contribution in [2.75, 3.05) is 25.5 Å². The highest BCUT2D eigenvalue weighted by molar-refractivity contribution is 7.89. The van der Waals surface area contributed by atoms with E-state index in [4.69, 9.17) is 4.74 Å². The van der Waals surface area contributed by atoms with Crippen LogP contribution in [0.3, 0.4) is 0 Å². The number of piperidine rings is 1. The van der Waals surface area contributed by atoms with Crippen LogP contribution in [0.15, 0.2) is 83.8 Å². The highest BCUT2D eigenvalue weighted by atomic mass is 32.2. The molecule has 8 nitrogen and oxygen atoms in total. The molecule has 1 aliphatic rings. The number of ether oxygens (including phenoxy) is 1. The molecule has 9 heteroatoms. The Bertz CT molecular complexity index is 1340. The van der Waals surface area contributed by atoms with Crippen molar-refractivity contribution in [2.24, 2.45) is 5.92 Å². The molecule has 0 spiro atoms. The molecule has 1 atom stereocenters. The Hall–Kier alpha value is -3.69. The molecule has 1 fully saturated rings. The summed E-state index contributed by atoms with van der Waals surface area (Å²) in [5.74, 6) is -0.287. The Morgan fingerprint density at radius 3 is 2.19 bits per heavy atom. The number of nitrogens with zero attached hydrogens (tertiary/aromatic N) is 1. The van der Waals surface area contributed by atoms with Gasteiger partial charge < -0.3 is 15.4 Å². The van der Waals surface area contributed by atoms with Crippen LogP contribution >= 0.6 is 0 Å². The second kappa shape index (κ2) is 11.6. The highest BCUT2D eigenvalue weighted by Crippen LogP contribution is 2.27. The van der Waals surface area contributed by atoms with Gasteiger partial charge in [0.1, 0.15) is 5.75 Å². The molecule has 2 amide bonds. The van der Waals surface area contributed by atoms with E-state index >= 15 is 0 Å². The maximum absolute atomic E-state index is 13.1. The molecule has 3 aromatic rings. The van der Waals surface area contributed by atoms with Crippen molar-refractivity contribution in [2.45, 2.75) is 30.7 Å². The van der Waals surface area contributed by atoms with Gasteiger partial charge in [-0.2, -0.15) is 4.31 Å². The van der Waals surface area contributed by atoms with Gasteiger partial charge >= 0.3 is 0 Å². The number of hydrogen-bond acceptors (Lipinski definition) is 5. The maximum Gasteiger partial charge on any atom is 0.253 e. The van der Waals surface area contributed by atoms with Crippen molar-refractivity contribution in [1.82, 2.24) is 9.62 Å². The Morgan fingerprint density at radius 2 is 1.54 bits per heavy atom. The van der Waals surface area contributed by atoms with E-state index in [0.717, 1.165) is 5.56 Å². The summed E-state index contributed by atoms with van der Waals surface area (Å²) in [6.07, 6.45) is 0.779. The number of amides is 2. The number of sulfonamides is 1. The molecule has 3 aromatic carbocycles. The van der Waals surface area contributed by atoms with E-state index in [1.807, 2.05) is 37.3 Å². The third-order valence-corrected chi connectivity index (χ3v) is 8.51. The molecule has 0 aromatic heterocycles. The standard InChI is InChI=1S/C28H31N3O5S/c1-20(21-8-4-3-5-9-21)29-28(33)25-10-6-7-11-26(25)30-27(32)22-16-18-31(19-17-22)37(34,35)24-14-12-23(36-2)13-15-24/h3-15,20,22H,16-19H2,1-2H3,(H,29,33)(H,30,32)/t20-/m1/s1. The zero-order valence-corrected chi connectivity index (χ0v) is 21.7. The van der Waals surface area contributed by atoms with Gasteiger partial charge in [-0.05, 0) is 61.7 Å². The zero-order chi connectivity index (χ0) is 26.4. The van der Waals surface area contributed by atoms with Crippen LogP contribution in [0.25, 0.3) is 0 Å². The Labute approximate surface area is 217 Å². The van der Waals surface area contributed by atoms with Crippen molar-refractivity contribution in [3.8, 4) is 5.75 Å². The normalized spacial score (nSPS) is 15.5. The monoisotopic (exact) mass is 521 g/mol. The molecular formula is C28H31N3O5S. The van der Waals surface area contributed by atoms with Crippen LogP contribution in [-0.4, -0.2) is 44.7 Å². The number of hydrogen-bond donors (Lipinski definition) is 2. The average molecular weight is 522 g/mol. The van der Waals surface area contributed by atoms with E-state index in [2.05, 4.69) is 10.6 Å². The molecule has 0 unspecified atom stereocenters. The Kier molecular flexibility index (Phi) is 8.25. The van der Waals surface area contributed by atoms with Crippen LogP contribution in [0.1, 0.15) is 41.7 Å². The lowest BCUT2D eigenvalue weighted by Gasteiger charge is -2.30. The van der Waals surface area contributed by atoms with Crippen molar-refractivity contribution in [3.05, 3.63) is 90.0 Å². The first kappa shape index (κ1) is 26.4. The largest absolute Gasteiger partial charge is 0.497 e. The number of nitrogens with one attached hydrogen (secondary N) is 2. The van der Waals surface area contributed by atoms with E-state index in [-0.39, 0.29) is 41.8 Å². The first-order valence-corrected chi connectivity index (χ1v) is 13.6. The molecule has 0 aliphatic carbocycles. The SMILES string of the molecule is COc1ccc(S(=O)(=O)N2CCC(C(=O)Nc3ccccc3C(=O)N[C@H](C)c3ccccc3)CC2)cc1. The fraction of sp³-hybridized carbons (Fsp3) is 0.286. The predicted molar refractivity (Wildman–Crippen MR) is 142 cm³/mol.